The molecule has 0 saturated heterocycles. The summed E-state index contributed by atoms with van der Waals surface area (Å²) in [4.78, 5) is 16.8. The monoisotopic (exact) mass is 586 g/mol. The Bertz CT molecular complexity index is 2010. The van der Waals surface area contributed by atoms with Crippen LogP contribution in [0.2, 0.25) is 0 Å². The lowest BCUT2D eigenvalue weighted by atomic mass is 9.85. The lowest BCUT2D eigenvalue weighted by molar-refractivity contribution is 0.570. The van der Waals surface area contributed by atoms with Gasteiger partial charge in [0, 0.05) is 29.9 Å². The van der Waals surface area contributed by atoms with E-state index in [0.717, 1.165) is 62.9 Å². The Morgan fingerprint density at radius 1 is 0.978 bits per heavy atom. The summed E-state index contributed by atoms with van der Waals surface area (Å²) in [7, 11) is 0. The average Bonchev–Trinajstić information content (AvgIpc) is 3.17. The number of hydrogen-bond acceptors (Lipinski definition) is 4. The third-order valence-electron chi connectivity index (χ3n) is 8.41. The normalized spacial score (nSPS) is 22.6. The molecule has 4 heteroatoms. The maximum atomic E-state index is 5.02. The molecule has 0 radical (unpaired) electrons. The largest absolute Gasteiger partial charge is 0.322 e. The van der Waals surface area contributed by atoms with Crippen molar-refractivity contribution in [2.75, 3.05) is 6.54 Å². The number of nitrogens with zero attached hydrogens (tertiary/aromatic N) is 4. The zero-order valence-corrected chi connectivity index (χ0v) is 26.2. The van der Waals surface area contributed by atoms with Crippen LogP contribution in [-0.4, -0.2) is 27.2 Å². The van der Waals surface area contributed by atoms with Crippen LogP contribution in [0.1, 0.15) is 32.9 Å². The van der Waals surface area contributed by atoms with Gasteiger partial charge in [-0.15, -0.1) is 0 Å². The quantitative estimate of drug-likeness (QED) is 0.305. The fourth-order valence-electron chi connectivity index (χ4n) is 6.03. The Balaban J connectivity index is 1.49. The van der Waals surface area contributed by atoms with E-state index < -0.39 is 0 Å². The Morgan fingerprint density at radius 3 is 2.58 bits per heavy atom. The van der Waals surface area contributed by atoms with E-state index >= 15 is 0 Å². The minimum absolute atomic E-state index is 0.211. The van der Waals surface area contributed by atoms with E-state index in [1.54, 1.807) is 6.20 Å². The number of hydrogen-bond donors (Lipinski definition) is 0. The SMILES string of the molecule is C=C1/C=C\C=C/CN2/C(=N\1)C(C)=C(/C=C(\C)c1cccc(-c3ccccn3)n1)C(=C/C(=C)C1C=c3ccccc3=CC1)/C2=C\C. The summed E-state index contributed by atoms with van der Waals surface area (Å²) in [6.45, 7) is 15.9. The van der Waals surface area contributed by atoms with Gasteiger partial charge in [-0.25, -0.2) is 9.98 Å². The zero-order valence-electron chi connectivity index (χ0n) is 26.2. The molecule has 4 heterocycles. The molecule has 3 aliphatic rings. The van der Waals surface area contributed by atoms with Gasteiger partial charge in [0.15, 0.2) is 0 Å². The summed E-state index contributed by atoms with van der Waals surface area (Å²) in [5.41, 5.74) is 9.83. The third kappa shape index (κ3) is 6.32. The minimum Gasteiger partial charge on any atom is -0.322 e. The van der Waals surface area contributed by atoms with Gasteiger partial charge in [-0.1, -0.05) is 86.0 Å². The van der Waals surface area contributed by atoms with Crippen LogP contribution in [0.3, 0.4) is 0 Å². The van der Waals surface area contributed by atoms with Crippen LogP contribution in [0.25, 0.3) is 29.1 Å². The average molecular weight is 587 g/mol. The van der Waals surface area contributed by atoms with E-state index in [-0.39, 0.29) is 5.92 Å². The van der Waals surface area contributed by atoms with Crippen molar-refractivity contribution in [3.63, 3.8) is 0 Å². The zero-order chi connectivity index (χ0) is 31.3. The molecule has 1 unspecified atom stereocenters. The van der Waals surface area contributed by atoms with Crippen LogP contribution < -0.4 is 10.4 Å². The van der Waals surface area contributed by atoms with Gasteiger partial charge in [0.05, 0.1) is 22.8 Å². The number of fused-ring (bicyclic) bond motifs is 2. The van der Waals surface area contributed by atoms with Crippen molar-refractivity contribution in [2.45, 2.75) is 27.2 Å². The molecule has 0 N–H and O–H groups in total. The first-order valence-electron chi connectivity index (χ1n) is 15.4. The molecule has 6 rings (SSSR count). The van der Waals surface area contributed by atoms with Gasteiger partial charge in [0.2, 0.25) is 0 Å². The van der Waals surface area contributed by atoms with Crippen molar-refractivity contribution in [3.05, 3.63) is 172 Å². The second kappa shape index (κ2) is 13.1. The molecule has 2 aromatic heterocycles. The Morgan fingerprint density at radius 2 is 1.78 bits per heavy atom. The highest BCUT2D eigenvalue weighted by atomic mass is 15.2. The van der Waals surface area contributed by atoms with Gasteiger partial charge in [-0.05, 0) is 102 Å². The van der Waals surface area contributed by atoms with Crippen LogP contribution in [0.4, 0.5) is 0 Å². The first kappa shape index (κ1) is 29.7. The molecule has 0 bridgehead atoms. The van der Waals surface area contributed by atoms with Gasteiger partial charge in [-0.2, -0.15) is 0 Å². The Labute approximate surface area is 266 Å². The fourth-order valence-corrected chi connectivity index (χ4v) is 6.03. The molecule has 0 spiro atoms. The Kier molecular flexibility index (Phi) is 8.65. The molecule has 222 valence electrons. The molecular weight excluding hydrogens is 548 g/mol. The minimum atomic E-state index is 0.211. The summed E-state index contributed by atoms with van der Waals surface area (Å²) in [5.74, 6) is 1.11. The van der Waals surface area contributed by atoms with E-state index in [0.29, 0.717) is 12.2 Å². The highest BCUT2D eigenvalue weighted by molar-refractivity contribution is 6.05. The molecule has 0 saturated carbocycles. The van der Waals surface area contributed by atoms with Crippen molar-refractivity contribution < 1.29 is 0 Å². The standard InChI is InChI=1S/C41H38N4/c1-6-40-36(25-28(2)33-22-21-32-16-9-10-17-34(32)27-33)35(31(5)41-43-30(4)15-8-7-13-24-45(40)41)26-29(3)37-19-14-20-39(44-37)38-18-11-12-23-42-38/h6-21,23,25-27,33H,2,4,22,24H2,1,3,5H3/b13-7-,15-8-,29-26+,36-25-,40-6+,43-41-. The summed E-state index contributed by atoms with van der Waals surface area (Å²) >= 11 is 0. The molecule has 45 heavy (non-hydrogen) atoms. The summed E-state index contributed by atoms with van der Waals surface area (Å²) in [5, 5.41) is 2.55. The summed E-state index contributed by atoms with van der Waals surface area (Å²) in [6.07, 6.45) is 22.3. The maximum Gasteiger partial charge on any atom is 0.137 e. The maximum absolute atomic E-state index is 5.02. The number of aliphatic imine (C=N–C) groups is 1. The molecule has 1 aromatic carbocycles. The highest BCUT2D eigenvalue weighted by Crippen LogP contribution is 2.38. The second-order valence-corrected chi connectivity index (χ2v) is 11.5. The van der Waals surface area contributed by atoms with Crippen LogP contribution in [0.15, 0.2) is 161 Å². The molecule has 1 atom stereocenters. The number of allylic oxidation sites excluding steroid dienone is 9. The molecule has 0 amide bonds. The van der Waals surface area contributed by atoms with Crippen LogP contribution in [0, 0.1) is 5.92 Å². The number of aromatic nitrogens is 2. The van der Waals surface area contributed by atoms with Crippen molar-refractivity contribution in [3.8, 4) is 11.4 Å². The summed E-state index contributed by atoms with van der Waals surface area (Å²) in [6, 6.07) is 20.6. The van der Waals surface area contributed by atoms with Crippen molar-refractivity contribution in [2.24, 2.45) is 10.9 Å². The molecule has 3 aromatic rings. The highest BCUT2D eigenvalue weighted by Gasteiger charge is 2.30. The van der Waals surface area contributed by atoms with E-state index in [4.69, 9.17) is 9.98 Å². The lowest BCUT2D eigenvalue weighted by Gasteiger charge is -2.36. The van der Waals surface area contributed by atoms with Gasteiger partial charge in [0.1, 0.15) is 5.84 Å². The van der Waals surface area contributed by atoms with E-state index in [1.807, 2.05) is 42.5 Å². The van der Waals surface area contributed by atoms with Crippen LogP contribution in [-0.2, 0) is 0 Å². The first-order chi connectivity index (χ1) is 21.9. The van der Waals surface area contributed by atoms with Gasteiger partial charge >= 0.3 is 0 Å². The topological polar surface area (TPSA) is 41.4 Å². The summed E-state index contributed by atoms with van der Waals surface area (Å²) < 4.78 is 0. The van der Waals surface area contributed by atoms with E-state index in [1.165, 1.54) is 10.4 Å². The number of rotatable bonds is 5. The third-order valence-corrected chi connectivity index (χ3v) is 8.41. The van der Waals surface area contributed by atoms with Crippen molar-refractivity contribution in [1.82, 2.24) is 14.9 Å². The smallest absolute Gasteiger partial charge is 0.137 e. The molecule has 1 aliphatic carbocycles. The van der Waals surface area contributed by atoms with Crippen molar-refractivity contribution >= 4 is 23.6 Å². The predicted molar refractivity (Wildman–Crippen MR) is 189 cm³/mol. The van der Waals surface area contributed by atoms with E-state index in [9.17, 15) is 0 Å². The molecule has 4 nitrogen and oxygen atoms in total. The van der Waals surface area contributed by atoms with Crippen LogP contribution >= 0.6 is 0 Å². The Hall–Kier alpha value is -5.35. The van der Waals surface area contributed by atoms with Gasteiger partial charge in [-0.3, -0.25) is 4.98 Å². The predicted octanol–water partition coefficient (Wildman–Crippen LogP) is 7.88. The number of benzene rings is 1. The van der Waals surface area contributed by atoms with Crippen LogP contribution in [0.5, 0.6) is 0 Å². The second-order valence-electron chi connectivity index (χ2n) is 11.5. The molecule has 2 aliphatic heterocycles. The van der Waals surface area contributed by atoms with Crippen molar-refractivity contribution in [1.29, 1.82) is 0 Å². The lowest BCUT2D eigenvalue weighted by Crippen LogP contribution is -2.36. The van der Waals surface area contributed by atoms with Gasteiger partial charge in [0.25, 0.3) is 0 Å². The number of pyridine rings is 2. The number of amidine groups is 1. The molecule has 0 fully saturated rings. The van der Waals surface area contributed by atoms with Gasteiger partial charge < -0.3 is 4.90 Å². The molecular formula is C41H38N4. The first-order valence-corrected chi connectivity index (χ1v) is 15.4. The van der Waals surface area contributed by atoms with E-state index in [2.05, 4.69) is 117 Å². The fraction of sp³-hybridized carbons (Fsp3) is 0.146.